The molecule has 0 aliphatic heterocycles. The Hall–Kier alpha value is -2.82. The zero-order chi connectivity index (χ0) is 13.2. The maximum atomic E-state index is 12.0. The lowest BCUT2D eigenvalue weighted by atomic mass is 10.2. The molecule has 94 valence electrons. The number of carbonyl (C=O) groups excluding carboxylic acids is 1. The predicted molar refractivity (Wildman–Crippen MR) is 73.3 cm³/mol. The van der Waals surface area contributed by atoms with Crippen molar-refractivity contribution in [3.8, 4) is 0 Å². The minimum absolute atomic E-state index is 0.0941. The fraction of sp³-hybridized carbons (Fsp3) is 0. The van der Waals surface area contributed by atoms with E-state index in [-0.39, 0.29) is 11.0 Å². The van der Waals surface area contributed by atoms with Crippen molar-refractivity contribution in [1.29, 1.82) is 0 Å². The summed E-state index contributed by atoms with van der Waals surface area (Å²) in [6.45, 7) is 0. The first-order valence-corrected chi connectivity index (χ1v) is 5.79. The van der Waals surface area contributed by atoms with Crippen molar-refractivity contribution in [3.05, 3.63) is 64.7 Å². The second-order valence-electron chi connectivity index (χ2n) is 4.16. The van der Waals surface area contributed by atoms with Gasteiger partial charge in [0.1, 0.15) is 5.56 Å². The van der Waals surface area contributed by atoms with Crippen LogP contribution in [-0.4, -0.2) is 15.9 Å². The summed E-state index contributed by atoms with van der Waals surface area (Å²) in [7, 11) is 0. The third kappa shape index (κ3) is 2.13. The third-order valence-electron chi connectivity index (χ3n) is 2.88. The van der Waals surface area contributed by atoms with Gasteiger partial charge in [-0.2, -0.15) is 0 Å². The molecule has 3 N–H and O–H groups in total. The molecule has 1 aromatic carbocycles. The van der Waals surface area contributed by atoms with Crippen LogP contribution in [-0.2, 0) is 0 Å². The Morgan fingerprint density at radius 1 is 1.11 bits per heavy atom. The van der Waals surface area contributed by atoms with Crippen LogP contribution in [0, 0.1) is 0 Å². The summed E-state index contributed by atoms with van der Waals surface area (Å²) in [5, 5.41) is 3.71. The van der Waals surface area contributed by atoms with E-state index in [0.29, 0.717) is 5.69 Å². The molecule has 5 nitrogen and oxygen atoms in total. The smallest absolute Gasteiger partial charge is 0.261 e. The quantitative estimate of drug-likeness (QED) is 0.654. The largest absolute Gasteiger partial charge is 0.367 e. The summed E-state index contributed by atoms with van der Waals surface area (Å²) in [6, 6.07) is 8.75. The maximum absolute atomic E-state index is 12.0. The number of nitrogens with one attached hydrogen (secondary N) is 3. The minimum Gasteiger partial charge on any atom is -0.367 e. The number of amides is 1. The van der Waals surface area contributed by atoms with Crippen molar-refractivity contribution in [2.24, 2.45) is 0 Å². The average Bonchev–Trinajstić information content (AvgIpc) is 2.86. The van der Waals surface area contributed by atoms with Crippen LogP contribution in [0.1, 0.15) is 10.4 Å². The number of aromatic amines is 2. The van der Waals surface area contributed by atoms with Crippen molar-refractivity contribution in [3.63, 3.8) is 0 Å². The van der Waals surface area contributed by atoms with E-state index in [2.05, 4.69) is 15.3 Å². The molecular weight excluding hydrogens is 242 g/mol. The van der Waals surface area contributed by atoms with Gasteiger partial charge in [-0.25, -0.2) is 0 Å². The van der Waals surface area contributed by atoms with Crippen molar-refractivity contribution >= 4 is 22.5 Å². The number of hydrogen-bond acceptors (Lipinski definition) is 2. The molecule has 3 rings (SSSR count). The molecule has 1 amide bonds. The maximum Gasteiger partial charge on any atom is 0.261 e. The van der Waals surface area contributed by atoms with Gasteiger partial charge in [0.25, 0.3) is 5.91 Å². The Morgan fingerprint density at radius 3 is 2.84 bits per heavy atom. The molecular formula is C14H11N3O2. The highest BCUT2D eigenvalue weighted by Crippen LogP contribution is 2.18. The Balaban J connectivity index is 1.90. The molecule has 0 atom stereocenters. The standard InChI is InChI=1S/C14H11N3O2/c18-13-4-5-15-8-11(13)14(19)17-10-1-2-12-9(7-10)3-6-16-12/h1-8,16H,(H,15,18)(H,17,19). The van der Waals surface area contributed by atoms with Crippen LogP contribution in [0.15, 0.2) is 53.7 Å². The van der Waals surface area contributed by atoms with Gasteiger partial charge in [0.05, 0.1) is 0 Å². The lowest BCUT2D eigenvalue weighted by Gasteiger charge is -2.04. The monoisotopic (exact) mass is 253 g/mol. The molecule has 2 aromatic heterocycles. The molecule has 0 spiro atoms. The highest BCUT2D eigenvalue weighted by Gasteiger charge is 2.09. The van der Waals surface area contributed by atoms with Crippen LogP contribution in [0.4, 0.5) is 5.69 Å². The van der Waals surface area contributed by atoms with E-state index >= 15 is 0 Å². The molecule has 5 heteroatoms. The SMILES string of the molecule is O=C(Nc1ccc2[nH]ccc2c1)c1c[nH]ccc1=O. The summed E-state index contributed by atoms with van der Waals surface area (Å²) < 4.78 is 0. The fourth-order valence-corrected chi connectivity index (χ4v) is 1.92. The van der Waals surface area contributed by atoms with Crippen LogP contribution in [0.5, 0.6) is 0 Å². The highest BCUT2D eigenvalue weighted by atomic mass is 16.2. The normalized spacial score (nSPS) is 10.5. The van der Waals surface area contributed by atoms with Gasteiger partial charge >= 0.3 is 0 Å². The zero-order valence-corrected chi connectivity index (χ0v) is 9.94. The molecule has 0 aliphatic rings. The first-order chi connectivity index (χ1) is 9.24. The van der Waals surface area contributed by atoms with E-state index in [4.69, 9.17) is 0 Å². The van der Waals surface area contributed by atoms with Gasteiger partial charge in [-0.05, 0) is 24.3 Å². The number of hydrogen-bond donors (Lipinski definition) is 3. The molecule has 19 heavy (non-hydrogen) atoms. The molecule has 2 heterocycles. The lowest BCUT2D eigenvalue weighted by Crippen LogP contribution is -2.20. The molecule has 0 unspecified atom stereocenters. The van der Waals surface area contributed by atoms with Gasteiger partial charge in [-0.15, -0.1) is 0 Å². The molecule has 0 aliphatic carbocycles. The number of anilines is 1. The zero-order valence-electron chi connectivity index (χ0n) is 9.94. The van der Waals surface area contributed by atoms with Gasteiger partial charge in [-0.1, -0.05) is 0 Å². The van der Waals surface area contributed by atoms with Crippen molar-refractivity contribution in [1.82, 2.24) is 9.97 Å². The van der Waals surface area contributed by atoms with Gasteiger partial charge in [0.15, 0.2) is 5.43 Å². The second-order valence-corrected chi connectivity index (χ2v) is 4.16. The van der Waals surface area contributed by atoms with Gasteiger partial charge in [-0.3, -0.25) is 9.59 Å². The Morgan fingerprint density at radius 2 is 2.00 bits per heavy atom. The van der Waals surface area contributed by atoms with Gasteiger partial charge in [0.2, 0.25) is 0 Å². The minimum atomic E-state index is -0.420. The number of benzene rings is 1. The molecule has 3 aromatic rings. The first kappa shape index (κ1) is 11.3. The van der Waals surface area contributed by atoms with E-state index in [1.807, 2.05) is 24.4 Å². The number of rotatable bonds is 2. The van der Waals surface area contributed by atoms with Crippen LogP contribution in [0.3, 0.4) is 0 Å². The highest BCUT2D eigenvalue weighted by molar-refractivity contribution is 6.04. The fourth-order valence-electron chi connectivity index (χ4n) is 1.92. The molecule has 0 saturated heterocycles. The summed E-state index contributed by atoms with van der Waals surface area (Å²) in [5.41, 5.74) is 1.44. The lowest BCUT2D eigenvalue weighted by molar-refractivity contribution is 0.102. The van der Waals surface area contributed by atoms with Gasteiger partial charge in [0, 0.05) is 41.2 Å². The Bertz CT molecular complexity index is 801. The molecule has 0 fully saturated rings. The van der Waals surface area contributed by atoms with E-state index in [0.717, 1.165) is 10.9 Å². The number of fused-ring (bicyclic) bond motifs is 1. The average molecular weight is 253 g/mol. The molecule has 0 saturated carbocycles. The van der Waals surface area contributed by atoms with Crippen LogP contribution in [0.2, 0.25) is 0 Å². The van der Waals surface area contributed by atoms with Crippen molar-refractivity contribution < 1.29 is 4.79 Å². The van der Waals surface area contributed by atoms with Crippen LogP contribution >= 0.6 is 0 Å². The summed E-state index contributed by atoms with van der Waals surface area (Å²) in [4.78, 5) is 29.3. The summed E-state index contributed by atoms with van der Waals surface area (Å²) >= 11 is 0. The van der Waals surface area contributed by atoms with Gasteiger partial charge < -0.3 is 15.3 Å². The van der Waals surface area contributed by atoms with E-state index in [1.165, 1.54) is 18.5 Å². The second kappa shape index (κ2) is 4.45. The van der Waals surface area contributed by atoms with E-state index in [1.54, 1.807) is 6.07 Å². The van der Waals surface area contributed by atoms with E-state index < -0.39 is 5.91 Å². The first-order valence-electron chi connectivity index (χ1n) is 5.79. The van der Waals surface area contributed by atoms with Crippen molar-refractivity contribution in [2.75, 3.05) is 5.32 Å². The topological polar surface area (TPSA) is 77.8 Å². The number of pyridine rings is 1. The van der Waals surface area contributed by atoms with E-state index in [9.17, 15) is 9.59 Å². The molecule has 0 bridgehead atoms. The third-order valence-corrected chi connectivity index (χ3v) is 2.88. The molecule has 0 radical (unpaired) electrons. The number of carbonyl (C=O) groups is 1. The predicted octanol–water partition coefficient (Wildman–Crippen LogP) is 2.11. The Labute approximate surface area is 108 Å². The number of H-pyrrole nitrogens is 2. The summed E-state index contributed by atoms with van der Waals surface area (Å²) in [6.07, 6.45) is 4.72. The number of aromatic nitrogens is 2. The van der Waals surface area contributed by atoms with Crippen LogP contribution in [0.25, 0.3) is 10.9 Å². The summed E-state index contributed by atoms with van der Waals surface area (Å²) in [5.74, 6) is -0.420. The van der Waals surface area contributed by atoms with Crippen molar-refractivity contribution in [2.45, 2.75) is 0 Å². The van der Waals surface area contributed by atoms with Crippen LogP contribution < -0.4 is 10.7 Å². The Kier molecular flexibility index (Phi) is 2.64.